The first-order valence-electron chi connectivity index (χ1n) is 4.10. The van der Waals surface area contributed by atoms with Crippen molar-refractivity contribution in [3.05, 3.63) is 35.5 Å². The molecule has 0 saturated heterocycles. The van der Waals surface area contributed by atoms with E-state index < -0.39 is 0 Å². The molecule has 0 spiro atoms. The fraction of sp³-hybridized carbons (Fsp3) is 0.455. The Bertz CT molecular complexity index is 209. The molecule has 0 rings (SSSR count). The summed E-state index contributed by atoms with van der Waals surface area (Å²) < 4.78 is 5.00. The number of ether oxygens (including phenoxy) is 1. The van der Waals surface area contributed by atoms with Crippen molar-refractivity contribution in [1.82, 2.24) is 0 Å². The Kier molecular flexibility index (Phi) is 5.39. The van der Waals surface area contributed by atoms with Gasteiger partial charge in [0, 0.05) is 7.11 Å². The molecule has 0 heterocycles. The second-order valence-electron chi connectivity index (χ2n) is 2.84. The molecule has 0 aliphatic rings. The SMILES string of the molecule is C=C(COC)/C(C)=C(C)\C=C/C. The van der Waals surface area contributed by atoms with Crippen LogP contribution in [0.25, 0.3) is 0 Å². The monoisotopic (exact) mass is 166 g/mol. The molecule has 0 radical (unpaired) electrons. The summed E-state index contributed by atoms with van der Waals surface area (Å²) in [5, 5.41) is 0. The van der Waals surface area contributed by atoms with Gasteiger partial charge in [-0.05, 0) is 37.5 Å². The third kappa shape index (κ3) is 3.54. The molecule has 0 N–H and O–H groups in total. The maximum absolute atomic E-state index is 5.00. The lowest BCUT2D eigenvalue weighted by atomic mass is 10.0. The van der Waals surface area contributed by atoms with Crippen molar-refractivity contribution in [3.8, 4) is 0 Å². The Morgan fingerprint density at radius 3 is 2.42 bits per heavy atom. The van der Waals surface area contributed by atoms with Gasteiger partial charge in [0.25, 0.3) is 0 Å². The van der Waals surface area contributed by atoms with Gasteiger partial charge in [-0.25, -0.2) is 0 Å². The van der Waals surface area contributed by atoms with Crippen molar-refractivity contribution in [2.45, 2.75) is 20.8 Å². The van der Waals surface area contributed by atoms with Crippen LogP contribution in [0.2, 0.25) is 0 Å². The molecule has 0 bridgehead atoms. The minimum absolute atomic E-state index is 0.612. The van der Waals surface area contributed by atoms with Crippen molar-refractivity contribution in [1.29, 1.82) is 0 Å². The molecule has 12 heavy (non-hydrogen) atoms. The van der Waals surface area contributed by atoms with Gasteiger partial charge in [0.2, 0.25) is 0 Å². The minimum atomic E-state index is 0.612. The number of methoxy groups -OCH3 is 1. The fourth-order valence-electron chi connectivity index (χ4n) is 0.936. The Labute approximate surface area is 75.4 Å². The first-order chi connectivity index (χ1) is 5.63. The molecule has 0 aromatic rings. The summed E-state index contributed by atoms with van der Waals surface area (Å²) in [5.41, 5.74) is 3.52. The van der Waals surface area contributed by atoms with E-state index in [1.165, 1.54) is 11.1 Å². The van der Waals surface area contributed by atoms with Gasteiger partial charge in [0.1, 0.15) is 0 Å². The van der Waals surface area contributed by atoms with Crippen LogP contribution in [-0.4, -0.2) is 13.7 Å². The first-order valence-corrected chi connectivity index (χ1v) is 4.10. The second-order valence-corrected chi connectivity index (χ2v) is 2.84. The van der Waals surface area contributed by atoms with Crippen molar-refractivity contribution < 1.29 is 4.74 Å². The van der Waals surface area contributed by atoms with Crippen molar-refractivity contribution in [3.63, 3.8) is 0 Å². The molecule has 0 fully saturated rings. The highest BCUT2D eigenvalue weighted by Gasteiger charge is 1.98. The van der Waals surface area contributed by atoms with Gasteiger partial charge in [-0.2, -0.15) is 0 Å². The smallest absolute Gasteiger partial charge is 0.0710 e. The first kappa shape index (κ1) is 11.2. The molecule has 0 aliphatic carbocycles. The molecule has 0 aromatic heterocycles. The zero-order valence-electron chi connectivity index (χ0n) is 8.48. The average molecular weight is 166 g/mol. The lowest BCUT2D eigenvalue weighted by Crippen LogP contribution is -1.95. The van der Waals surface area contributed by atoms with Gasteiger partial charge in [-0.3, -0.25) is 0 Å². The molecule has 0 aromatic carbocycles. The van der Waals surface area contributed by atoms with E-state index in [4.69, 9.17) is 4.74 Å². The quantitative estimate of drug-likeness (QED) is 0.583. The largest absolute Gasteiger partial charge is 0.380 e. The molecule has 1 heteroatoms. The molecule has 68 valence electrons. The maximum Gasteiger partial charge on any atom is 0.0710 e. The molecule has 0 aliphatic heterocycles. The minimum Gasteiger partial charge on any atom is -0.380 e. The van der Waals surface area contributed by atoms with Gasteiger partial charge >= 0.3 is 0 Å². The maximum atomic E-state index is 5.00. The predicted octanol–water partition coefficient (Wildman–Crippen LogP) is 3.10. The summed E-state index contributed by atoms with van der Waals surface area (Å²) in [4.78, 5) is 0. The van der Waals surface area contributed by atoms with E-state index in [2.05, 4.69) is 26.5 Å². The van der Waals surface area contributed by atoms with Crippen LogP contribution in [0, 0.1) is 0 Å². The number of rotatable bonds is 4. The van der Waals surface area contributed by atoms with Crippen LogP contribution >= 0.6 is 0 Å². The van der Waals surface area contributed by atoms with E-state index in [0.29, 0.717) is 6.61 Å². The summed E-state index contributed by atoms with van der Waals surface area (Å²) in [6, 6.07) is 0. The van der Waals surface area contributed by atoms with E-state index in [1.54, 1.807) is 7.11 Å². The van der Waals surface area contributed by atoms with Crippen LogP contribution in [0.15, 0.2) is 35.5 Å². The van der Waals surface area contributed by atoms with Gasteiger partial charge in [-0.1, -0.05) is 18.7 Å². The molecule has 0 atom stereocenters. The Morgan fingerprint density at radius 2 is 2.00 bits per heavy atom. The summed E-state index contributed by atoms with van der Waals surface area (Å²) >= 11 is 0. The molecule has 0 amide bonds. The van der Waals surface area contributed by atoms with Crippen LogP contribution in [-0.2, 0) is 4.74 Å². The Hall–Kier alpha value is -0.820. The number of hydrogen-bond acceptors (Lipinski definition) is 1. The van der Waals surface area contributed by atoms with Crippen molar-refractivity contribution >= 4 is 0 Å². The normalized spacial score (nSPS) is 13.3. The number of allylic oxidation sites excluding steroid dienone is 3. The van der Waals surface area contributed by atoms with Crippen molar-refractivity contribution in [2.75, 3.05) is 13.7 Å². The van der Waals surface area contributed by atoms with E-state index >= 15 is 0 Å². The Morgan fingerprint density at radius 1 is 1.42 bits per heavy atom. The third-order valence-electron chi connectivity index (χ3n) is 1.86. The topological polar surface area (TPSA) is 9.23 Å². The fourth-order valence-corrected chi connectivity index (χ4v) is 0.936. The molecular weight excluding hydrogens is 148 g/mol. The van der Waals surface area contributed by atoms with E-state index in [0.717, 1.165) is 5.57 Å². The van der Waals surface area contributed by atoms with E-state index in [-0.39, 0.29) is 0 Å². The van der Waals surface area contributed by atoms with Gasteiger partial charge in [0.15, 0.2) is 0 Å². The van der Waals surface area contributed by atoms with E-state index in [9.17, 15) is 0 Å². The molecule has 0 saturated carbocycles. The highest BCUT2D eigenvalue weighted by atomic mass is 16.5. The van der Waals surface area contributed by atoms with Crippen LogP contribution in [0.3, 0.4) is 0 Å². The summed E-state index contributed by atoms with van der Waals surface area (Å²) in [5.74, 6) is 0. The lowest BCUT2D eigenvalue weighted by molar-refractivity contribution is 0.227. The van der Waals surface area contributed by atoms with E-state index in [1.807, 2.05) is 13.0 Å². The zero-order valence-corrected chi connectivity index (χ0v) is 8.48. The zero-order chi connectivity index (χ0) is 9.56. The van der Waals surface area contributed by atoms with Crippen molar-refractivity contribution in [2.24, 2.45) is 0 Å². The van der Waals surface area contributed by atoms with Crippen LogP contribution in [0.1, 0.15) is 20.8 Å². The van der Waals surface area contributed by atoms with Crippen LogP contribution < -0.4 is 0 Å². The summed E-state index contributed by atoms with van der Waals surface area (Å²) in [6.07, 6.45) is 4.11. The predicted molar refractivity (Wildman–Crippen MR) is 54.2 cm³/mol. The molecular formula is C11H18O. The average Bonchev–Trinajstić information content (AvgIpc) is 2.04. The van der Waals surface area contributed by atoms with Gasteiger partial charge in [0.05, 0.1) is 6.61 Å². The molecule has 0 unspecified atom stereocenters. The summed E-state index contributed by atoms with van der Waals surface area (Å²) in [7, 11) is 1.68. The Balaban J connectivity index is 4.43. The highest BCUT2D eigenvalue weighted by Crippen LogP contribution is 2.13. The third-order valence-corrected chi connectivity index (χ3v) is 1.86. The lowest BCUT2D eigenvalue weighted by Gasteiger charge is -2.06. The molecule has 1 nitrogen and oxygen atoms in total. The van der Waals surface area contributed by atoms with Gasteiger partial charge < -0.3 is 4.74 Å². The van der Waals surface area contributed by atoms with Crippen LogP contribution in [0.4, 0.5) is 0 Å². The van der Waals surface area contributed by atoms with Gasteiger partial charge in [-0.15, -0.1) is 0 Å². The highest BCUT2D eigenvalue weighted by molar-refractivity contribution is 5.36. The summed E-state index contributed by atoms with van der Waals surface area (Å²) in [6.45, 7) is 10.7. The van der Waals surface area contributed by atoms with Crippen LogP contribution in [0.5, 0.6) is 0 Å². The number of hydrogen-bond donors (Lipinski definition) is 0. The standard InChI is InChI=1S/C11H18O/c1-6-7-9(2)11(4)10(3)8-12-5/h6-7H,3,8H2,1-2,4-5H3/b7-6-,11-9-. The second kappa shape index (κ2) is 5.78.